The van der Waals surface area contributed by atoms with E-state index in [4.69, 9.17) is 14.3 Å². The molecule has 0 bridgehead atoms. The fourth-order valence-corrected chi connectivity index (χ4v) is 5.39. The first-order valence-electron chi connectivity index (χ1n) is 11.5. The van der Waals surface area contributed by atoms with Gasteiger partial charge in [-0.1, -0.05) is 48.5 Å². The normalized spacial score (nSPS) is 13.5. The van der Waals surface area contributed by atoms with Crippen LogP contribution in [0, 0.1) is 3.57 Å². The number of hydrogen-bond acceptors (Lipinski definition) is 5. The van der Waals surface area contributed by atoms with Gasteiger partial charge in [-0.2, -0.15) is 0 Å². The minimum Gasteiger partial charge on any atom is -0.598 e. The Labute approximate surface area is 227 Å². The van der Waals surface area contributed by atoms with Crippen LogP contribution in [-0.2, 0) is 29.2 Å². The van der Waals surface area contributed by atoms with Gasteiger partial charge in [-0.15, -0.1) is 4.72 Å². The van der Waals surface area contributed by atoms with Gasteiger partial charge in [-0.3, -0.25) is 4.79 Å². The van der Waals surface area contributed by atoms with Gasteiger partial charge in [-0.05, 0) is 78.8 Å². The average molecular weight is 618 g/mol. The summed E-state index contributed by atoms with van der Waals surface area (Å²) in [5.41, 5.74) is 3.29. The molecule has 188 valence electrons. The topological polar surface area (TPSA) is 94.8 Å². The van der Waals surface area contributed by atoms with Crippen molar-refractivity contribution in [3.05, 3.63) is 98.8 Å². The fraction of sp³-hybridized carbons (Fsp3) is 0.250. The highest BCUT2D eigenvalue weighted by Gasteiger charge is 2.32. The molecule has 0 saturated carbocycles. The molecule has 0 aliphatic heterocycles. The molecule has 2 atom stereocenters. The minimum atomic E-state index is -1.30. The van der Waals surface area contributed by atoms with Crippen molar-refractivity contribution in [1.82, 2.24) is 4.72 Å². The Morgan fingerprint density at radius 3 is 2.50 bits per heavy atom. The van der Waals surface area contributed by atoms with Crippen LogP contribution in [0.5, 0.6) is 5.75 Å². The van der Waals surface area contributed by atoms with Gasteiger partial charge >= 0.3 is 5.97 Å². The molecule has 0 aliphatic carbocycles. The summed E-state index contributed by atoms with van der Waals surface area (Å²) in [5, 5.41) is 10.1. The lowest BCUT2D eigenvalue weighted by Crippen LogP contribution is -2.41. The van der Waals surface area contributed by atoms with Crippen molar-refractivity contribution in [3.8, 4) is 5.75 Å². The Kier molecular flexibility index (Phi) is 8.29. The molecular weight excluding hydrogens is 589 g/mol. The van der Waals surface area contributed by atoms with Crippen LogP contribution in [0.1, 0.15) is 49.3 Å². The predicted molar refractivity (Wildman–Crippen MR) is 150 cm³/mol. The maximum absolute atomic E-state index is 13.0. The Morgan fingerprint density at radius 1 is 1.11 bits per heavy atom. The number of aliphatic carboxylic acids is 1. The number of hydrogen-bond donors (Lipinski definition) is 2. The van der Waals surface area contributed by atoms with E-state index in [1.807, 2.05) is 75.4 Å². The van der Waals surface area contributed by atoms with Crippen LogP contribution in [0.25, 0.3) is 11.0 Å². The summed E-state index contributed by atoms with van der Waals surface area (Å²) in [7, 11) is 0. The molecule has 0 spiro atoms. The largest absolute Gasteiger partial charge is 0.598 e. The van der Waals surface area contributed by atoms with E-state index >= 15 is 0 Å². The third kappa shape index (κ3) is 6.42. The first-order valence-corrected chi connectivity index (χ1v) is 13.7. The molecule has 1 aromatic heterocycles. The summed E-state index contributed by atoms with van der Waals surface area (Å²) in [6.07, 6.45) is -0.0956. The molecule has 3 aromatic carbocycles. The highest BCUT2D eigenvalue weighted by Crippen LogP contribution is 2.33. The van der Waals surface area contributed by atoms with Crippen LogP contribution in [0.15, 0.2) is 77.2 Å². The summed E-state index contributed by atoms with van der Waals surface area (Å²) >= 11 is 0.939. The molecule has 6 nitrogen and oxygen atoms in total. The van der Waals surface area contributed by atoms with Crippen molar-refractivity contribution in [2.45, 2.75) is 44.6 Å². The van der Waals surface area contributed by atoms with Gasteiger partial charge in [0.1, 0.15) is 34.5 Å². The smallest absolute Gasteiger partial charge is 0.307 e. The van der Waals surface area contributed by atoms with E-state index < -0.39 is 22.1 Å². The molecule has 36 heavy (non-hydrogen) atoms. The third-order valence-electron chi connectivity index (χ3n) is 5.56. The van der Waals surface area contributed by atoms with Gasteiger partial charge in [0.25, 0.3) is 0 Å². The second-order valence-corrected chi connectivity index (χ2v) is 12.6. The van der Waals surface area contributed by atoms with Crippen LogP contribution >= 0.6 is 22.6 Å². The lowest BCUT2D eigenvalue weighted by atomic mass is 10.1. The zero-order valence-electron chi connectivity index (χ0n) is 20.3. The van der Waals surface area contributed by atoms with Gasteiger partial charge in [0.05, 0.1) is 9.99 Å². The summed E-state index contributed by atoms with van der Waals surface area (Å²) in [6, 6.07) is 22.6. The number of carbonyl (C=O) groups is 1. The van der Waals surface area contributed by atoms with E-state index in [0.29, 0.717) is 17.1 Å². The molecule has 8 heteroatoms. The Bertz CT molecular complexity index is 1350. The van der Waals surface area contributed by atoms with Gasteiger partial charge < -0.3 is 18.8 Å². The lowest BCUT2D eigenvalue weighted by molar-refractivity contribution is -0.136. The predicted octanol–water partition coefficient (Wildman–Crippen LogP) is 6.38. The number of furan rings is 1. The fourth-order valence-electron chi connectivity index (χ4n) is 3.75. The van der Waals surface area contributed by atoms with Crippen LogP contribution in [0.4, 0.5) is 0 Å². The number of benzene rings is 3. The quantitative estimate of drug-likeness (QED) is 0.167. The van der Waals surface area contributed by atoms with Crippen molar-refractivity contribution in [2.75, 3.05) is 0 Å². The van der Waals surface area contributed by atoms with E-state index in [0.717, 1.165) is 25.7 Å². The Morgan fingerprint density at radius 2 is 1.81 bits per heavy atom. The number of carboxylic acids is 1. The number of carboxylic acid groups (broad SMARTS) is 1. The number of fused-ring (bicyclic) bond motifs is 1. The van der Waals surface area contributed by atoms with Crippen molar-refractivity contribution in [2.24, 2.45) is 0 Å². The Hall–Kier alpha value is -2.53. The molecule has 4 aromatic rings. The van der Waals surface area contributed by atoms with Crippen LogP contribution in [0.3, 0.4) is 0 Å². The molecule has 0 radical (unpaired) electrons. The average Bonchev–Trinajstić information content (AvgIpc) is 3.26. The molecule has 0 saturated heterocycles. The van der Waals surface area contributed by atoms with E-state index in [-0.39, 0.29) is 19.1 Å². The molecule has 4 rings (SSSR count). The number of ether oxygens (including phenoxy) is 1. The minimum absolute atomic E-state index is 0.0956. The molecule has 0 fully saturated rings. The highest BCUT2D eigenvalue weighted by atomic mass is 127. The van der Waals surface area contributed by atoms with E-state index in [2.05, 4.69) is 27.3 Å². The van der Waals surface area contributed by atoms with Crippen molar-refractivity contribution in [3.63, 3.8) is 0 Å². The van der Waals surface area contributed by atoms with Crippen molar-refractivity contribution >= 4 is 50.9 Å². The first-order chi connectivity index (χ1) is 17.1. The zero-order chi connectivity index (χ0) is 25.9. The van der Waals surface area contributed by atoms with Gasteiger partial charge in [0, 0.05) is 22.3 Å². The lowest BCUT2D eigenvalue weighted by Gasteiger charge is -2.27. The van der Waals surface area contributed by atoms with E-state index in [1.54, 1.807) is 18.2 Å². The monoisotopic (exact) mass is 617 g/mol. The van der Waals surface area contributed by atoms with Crippen molar-refractivity contribution < 1.29 is 23.6 Å². The summed E-state index contributed by atoms with van der Waals surface area (Å²) in [6.45, 7) is 6.08. The zero-order valence-corrected chi connectivity index (χ0v) is 23.3. The van der Waals surface area contributed by atoms with E-state index in [9.17, 15) is 9.35 Å². The van der Waals surface area contributed by atoms with Gasteiger partial charge in [0.2, 0.25) is 0 Å². The molecule has 0 amide bonds. The standard InChI is InChI=1S/C28H28INO5S/c1-28(2,3)36(33)30-26(19-9-5-4-6-10-19)24-15-21-13-18(14-22(29)27(21)35-24)17-34-23-12-8-7-11-20(23)16-25(31)32/h4-15,26,30H,16-17H2,1-3H3,(H,31,32)/t26-,36?/m1/s1. The maximum Gasteiger partial charge on any atom is 0.307 e. The number of rotatable bonds is 9. The second-order valence-electron chi connectivity index (χ2n) is 9.45. The SMILES string of the molecule is CC(C)(C)[S+]([O-])N[C@H](c1ccccc1)c1cc2cc(COc3ccccc3CC(=O)O)cc(I)c2o1. The van der Waals surface area contributed by atoms with Gasteiger partial charge in [0.15, 0.2) is 0 Å². The number of halogens is 1. The maximum atomic E-state index is 13.0. The van der Waals surface area contributed by atoms with Gasteiger partial charge in [-0.25, -0.2) is 0 Å². The van der Waals surface area contributed by atoms with Crippen LogP contribution < -0.4 is 9.46 Å². The summed E-state index contributed by atoms with van der Waals surface area (Å²) in [4.78, 5) is 11.2. The number of para-hydroxylation sites is 1. The molecule has 0 aliphatic rings. The van der Waals surface area contributed by atoms with Crippen LogP contribution in [0.2, 0.25) is 0 Å². The molecule has 1 heterocycles. The molecule has 1 unspecified atom stereocenters. The van der Waals surface area contributed by atoms with E-state index in [1.165, 1.54) is 0 Å². The van der Waals surface area contributed by atoms with Crippen LogP contribution in [-0.4, -0.2) is 20.4 Å². The molecular formula is C28H28INO5S. The molecule has 2 N–H and O–H groups in total. The summed E-state index contributed by atoms with van der Waals surface area (Å²) < 4.78 is 29.0. The third-order valence-corrected chi connectivity index (χ3v) is 7.92. The first kappa shape index (κ1) is 26.5. The van der Waals surface area contributed by atoms with Crippen molar-refractivity contribution in [1.29, 1.82) is 0 Å². The number of nitrogens with one attached hydrogen (secondary N) is 1. The summed E-state index contributed by atoms with van der Waals surface area (Å²) in [5.74, 6) is 0.333. The highest BCUT2D eigenvalue weighted by molar-refractivity contribution is 14.1. The Balaban J connectivity index is 1.63. The second kappa shape index (κ2) is 11.2.